The van der Waals surface area contributed by atoms with E-state index in [2.05, 4.69) is 16.4 Å². The van der Waals surface area contributed by atoms with Gasteiger partial charge in [-0.2, -0.15) is 0 Å². The Labute approximate surface area is 132 Å². The lowest BCUT2D eigenvalue weighted by Crippen LogP contribution is -2.00. The molecule has 1 radical (unpaired) electrons. The lowest BCUT2D eigenvalue weighted by atomic mass is 10.2. The van der Waals surface area contributed by atoms with Crippen LogP contribution in [0.5, 0.6) is 11.5 Å². The van der Waals surface area contributed by atoms with E-state index in [1.165, 1.54) is 0 Å². The fourth-order valence-corrected chi connectivity index (χ4v) is 3.01. The standard InChI is InChI=1S/C16H16N3O2S/c1-20-13-6-3-10(7-14(13)21-2)9-18-16-19-12-5-4-11(17)8-15(12)22-16/h3-4,6-8H,9,17H2,1-2H3,(H,18,19). The average molecular weight is 314 g/mol. The third-order valence-corrected chi connectivity index (χ3v) is 4.18. The van der Waals surface area contributed by atoms with Gasteiger partial charge in [-0.15, -0.1) is 0 Å². The van der Waals surface area contributed by atoms with Gasteiger partial charge in [0.15, 0.2) is 16.6 Å². The quantitative estimate of drug-likeness (QED) is 0.707. The van der Waals surface area contributed by atoms with Gasteiger partial charge in [-0.25, -0.2) is 4.98 Å². The van der Waals surface area contributed by atoms with Crippen molar-refractivity contribution in [2.24, 2.45) is 0 Å². The summed E-state index contributed by atoms with van der Waals surface area (Å²) in [5, 5.41) is 4.15. The first kappa shape index (κ1) is 14.5. The average Bonchev–Trinajstić information content (AvgIpc) is 2.94. The Balaban J connectivity index is 1.76. The number of methoxy groups -OCH3 is 2. The van der Waals surface area contributed by atoms with Crippen molar-refractivity contribution in [2.45, 2.75) is 6.54 Å². The van der Waals surface area contributed by atoms with Gasteiger partial charge in [0.2, 0.25) is 0 Å². The molecule has 0 aliphatic rings. The number of ether oxygens (including phenoxy) is 2. The fraction of sp³-hybridized carbons (Fsp3) is 0.188. The highest BCUT2D eigenvalue weighted by atomic mass is 32.1. The van der Waals surface area contributed by atoms with Crippen LogP contribution in [-0.4, -0.2) is 19.2 Å². The first-order valence-electron chi connectivity index (χ1n) is 6.72. The molecule has 1 heterocycles. The lowest BCUT2D eigenvalue weighted by Gasteiger charge is -2.09. The molecule has 0 saturated carbocycles. The molecule has 0 unspecified atom stereocenters. The van der Waals surface area contributed by atoms with Gasteiger partial charge in [0.1, 0.15) is 0 Å². The van der Waals surface area contributed by atoms with Crippen LogP contribution < -0.4 is 20.5 Å². The molecule has 1 aromatic heterocycles. The van der Waals surface area contributed by atoms with Crippen LogP contribution in [0, 0.1) is 6.07 Å². The predicted molar refractivity (Wildman–Crippen MR) is 89.7 cm³/mol. The highest BCUT2D eigenvalue weighted by Crippen LogP contribution is 2.29. The van der Waals surface area contributed by atoms with Crippen molar-refractivity contribution in [2.75, 3.05) is 25.3 Å². The maximum absolute atomic E-state index is 5.76. The number of anilines is 2. The Morgan fingerprint density at radius 1 is 1.23 bits per heavy atom. The maximum atomic E-state index is 5.76. The number of nitrogens with one attached hydrogen (secondary N) is 1. The Morgan fingerprint density at radius 2 is 2.05 bits per heavy atom. The van der Waals surface area contributed by atoms with Crippen LogP contribution in [0.15, 0.2) is 30.3 Å². The summed E-state index contributed by atoms with van der Waals surface area (Å²) in [4.78, 5) is 4.49. The number of thiazole rings is 1. The first-order valence-corrected chi connectivity index (χ1v) is 7.54. The highest BCUT2D eigenvalue weighted by molar-refractivity contribution is 7.22. The third kappa shape index (κ3) is 2.92. The van der Waals surface area contributed by atoms with Crippen LogP contribution in [-0.2, 0) is 6.54 Å². The van der Waals surface area contributed by atoms with E-state index in [-0.39, 0.29) is 0 Å². The van der Waals surface area contributed by atoms with Crippen LogP contribution in [0.4, 0.5) is 10.8 Å². The number of hydrogen-bond donors (Lipinski definition) is 2. The molecule has 3 N–H and O–H groups in total. The number of fused-ring (bicyclic) bond motifs is 1. The lowest BCUT2D eigenvalue weighted by molar-refractivity contribution is 0.354. The second kappa shape index (κ2) is 6.11. The number of nitrogen functional groups attached to an aromatic ring is 1. The largest absolute Gasteiger partial charge is 0.493 e. The topological polar surface area (TPSA) is 69.4 Å². The Morgan fingerprint density at radius 3 is 2.82 bits per heavy atom. The number of nitrogens with zero attached hydrogens (tertiary/aromatic N) is 1. The zero-order chi connectivity index (χ0) is 15.5. The summed E-state index contributed by atoms with van der Waals surface area (Å²) in [6.07, 6.45) is 0. The van der Waals surface area contributed by atoms with Gasteiger partial charge >= 0.3 is 0 Å². The molecule has 2 aromatic carbocycles. The zero-order valence-electron chi connectivity index (χ0n) is 12.3. The van der Waals surface area contributed by atoms with Gasteiger partial charge in [0, 0.05) is 18.3 Å². The van der Waals surface area contributed by atoms with E-state index in [1.54, 1.807) is 31.6 Å². The Hall–Kier alpha value is -2.47. The fourth-order valence-electron chi connectivity index (χ4n) is 2.12. The summed E-state index contributed by atoms with van der Waals surface area (Å²) in [5.41, 5.74) is 8.37. The van der Waals surface area contributed by atoms with Crippen LogP contribution >= 0.6 is 11.3 Å². The van der Waals surface area contributed by atoms with Crippen LogP contribution in [0.2, 0.25) is 0 Å². The second-order valence-corrected chi connectivity index (χ2v) is 5.74. The van der Waals surface area contributed by atoms with E-state index >= 15 is 0 Å². The Bertz CT molecular complexity index is 801. The Kier molecular flexibility index (Phi) is 4.02. The van der Waals surface area contributed by atoms with Crippen molar-refractivity contribution in [3.8, 4) is 11.5 Å². The van der Waals surface area contributed by atoms with Gasteiger partial charge in [-0.3, -0.25) is 0 Å². The summed E-state index contributed by atoms with van der Waals surface area (Å²) in [6.45, 7) is 0.648. The van der Waals surface area contributed by atoms with Gasteiger partial charge in [-0.05, 0) is 29.8 Å². The van der Waals surface area contributed by atoms with Crippen molar-refractivity contribution >= 4 is 32.4 Å². The summed E-state index contributed by atoms with van der Waals surface area (Å²) in [5.74, 6) is 1.43. The van der Waals surface area contributed by atoms with E-state index in [9.17, 15) is 0 Å². The number of aromatic nitrogens is 1. The van der Waals surface area contributed by atoms with E-state index in [1.807, 2.05) is 24.3 Å². The summed E-state index contributed by atoms with van der Waals surface area (Å²) >= 11 is 1.56. The minimum absolute atomic E-state index is 0.648. The van der Waals surface area contributed by atoms with Crippen molar-refractivity contribution in [1.29, 1.82) is 0 Å². The summed E-state index contributed by atoms with van der Waals surface area (Å²) in [7, 11) is 3.25. The second-order valence-electron chi connectivity index (χ2n) is 4.71. The van der Waals surface area contributed by atoms with Gasteiger partial charge in [0.05, 0.1) is 24.4 Å². The highest BCUT2D eigenvalue weighted by Gasteiger charge is 2.07. The SMILES string of the molecule is COc1ccc(CNc2nc3[c]cc(N)cc3s2)cc1OC. The van der Waals surface area contributed by atoms with Crippen LogP contribution in [0.25, 0.3) is 10.2 Å². The number of benzene rings is 2. The van der Waals surface area contributed by atoms with Gasteiger partial charge in [0.25, 0.3) is 0 Å². The molecular formula is C16H16N3O2S. The van der Waals surface area contributed by atoms with Crippen molar-refractivity contribution in [1.82, 2.24) is 4.98 Å². The molecule has 5 nitrogen and oxygen atoms in total. The molecule has 0 atom stereocenters. The van der Waals surface area contributed by atoms with E-state index in [0.717, 1.165) is 26.7 Å². The third-order valence-electron chi connectivity index (χ3n) is 3.22. The smallest absolute Gasteiger partial charge is 0.184 e. The summed E-state index contributed by atoms with van der Waals surface area (Å²) < 4.78 is 11.6. The van der Waals surface area contributed by atoms with Crippen LogP contribution in [0.1, 0.15) is 5.56 Å². The number of hydrogen-bond acceptors (Lipinski definition) is 6. The molecule has 3 rings (SSSR count). The van der Waals surface area contributed by atoms with E-state index in [4.69, 9.17) is 15.2 Å². The molecule has 6 heteroatoms. The molecule has 22 heavy (non-hydrogen) atoms. The molecule has 0 fully saturated rings. The predicted octanol–water partition coefficient (Wildman–Crippen LogP) is 3.31. The molecule has 3 aromatic rings. The summed E-state index contributed by atoms with van der Waals surface area (Å²) in [6, 6.07) is 12.5. The van der Waals surface area contributed by atoms with Gasteiger partial charge in [-0.1, -0.05) is 17.4 Å². The molecule has 0 bridgehead atoms. The monoisotopic (exact) mass is 314 g/mol. The minimum atomic E-state index is 0.648. The zero-order valence-corrected chi connectivity index (χ0v) is 13.2. The molecule has 0 aliphatic heterocycles. The molecular weight excluding hydrogens is 298 g/mol. The number of rotatable bonds is 5. The van der Waals surface area contributed by atoms with E-state index < -0.39 is 0 Å². The van der Waals surface area contributed by atoms with Crippen molar-refractivity contribution in [3.05, 3.63) is 42.0 Å². The molecule has 113 valence electrons. The number of nitrogens with two attached hydrogens (primary N) is 1. The molecule has 0 amide bonds. The minimum Gasteiger partial charge on any atom is -0.493 e. The normalized spacial score (nSPS) is 10.6. The maximum Gasteiger partial charge on any atom is 0.184 e. The molecule has 0 saturated heterocycles. The molecule has 0 aliphatic carbocycles. The van der Waals surface area contributed by atoms with Crippen molar-refractivity contribution in [3.63, 3.8) is 0 Å². The van der Waals surface area contributed by atoms with Crippen LogP contribution in [0.3, 0.4) is 0 Å². The van der Waals surface area contributed by atoms with Gasteiger partial charge < -0.3 is 20.5 Å². The van der Waals surface area contributed by atoms with Crippen molar-refractivity contribution < 1.29 is 9.47 Å². The first-order chi connectivity index (χ1) is 10.7. The van der Waals surface area contributed by atoms with E-state index in [0.29, 0.717) is 18.0 Å². The molecule has 0 spiro atoms.